The van der Waals surface area contributed by atoms with E-state index < -0.39 is 0 Å². The third-order valence-electron chi connectivity index (χ3n) is 4.85. The predicted molar refractivity (Wildman–Crippen MR) is 108 cm³/mol. The summed E-state index contributed by atoms with van der Waals surface area (Å²) in [5, 5.41) is 14.5. The van der Waals surface area contributed by atoms with E-state index in [0.29, 0.717) is 24.2 Å². The molecular weight excluding hydrogens is 382 g/mol. The van der Waals surface area contributed by atoms with Gasteiger partial charge < -0.3 is 15.4 Å². The maximum absolute atomic E-state index is 12.6. The molecule has 28 heavy (non-hydrogen) atoms. The largest absolute Gasteiger partial charge is 0.469 e. The van der Waals surface area contributed by atoms with Gasteiger partial charge in [0, 0.05) is 12.1 Å². The van der Waals surface area contributed by atoms with Gasteiger partial charge in [-0.25, -0.2) is 4.68 Å². The normalized spacial score (nSPS) is 14.2. The molecule has 0 spiro atoms. The summed E-state index contributed by atoms with van der Waals surface area (Å²) in [5.74, 6) is -0.505. The smallest absolute Gasteiger partial charge is 0.305 e. The lowest BCUT2D eigenvalue weighted by Crippen LogP contribution is -2.30. The van der Waals surface area contributed by atoms with E-state index >= 15 is 0 Å². The van der Waals surface area contributed by atoms with Crippen LogP contribution in [0.15, 0.2) is 24.3 Å². The van der Waals surface area contributed by atoms with Gasteiger partial charge in [0.25, 0.3) is 5.91 Å². The fourth-order valence-corrected chi connectivity index (χ4v) is 3.24. The van der Waals surface area contributed by atoms with Gasteiger partial charge in [0.2, 0.25) is 0 Å². The molecule has 2 heterocycles. The van der Waals surface area contributed by atoms with Crippen LogP contribution in [0.3, 0.4) is 0 Å². The summed E-state index contributed by atoms with van der Waals surface area (Å²) in [4.78, 5) is 23.8. The molecule has 0 bridgehead atoms. The minimum absolute atomic E-state index is 0. The third kappa shape index (κ3) is 5.30. The van der Waals surface area contributed by atoms with E-state index in [1.165, 1.54) is 7.11 Å². The van der Waals surface area contributed by atoms with Crippen LogP contribution < -0.4 is 10.6 Å². The monoisotopic (exact) mass is 407 g/mol. The average Bonchev–Trinajstić information content (AvgIpc) is 3.09. The number of aryl methyl sites for hydroxylation is 1. The second-order valence-corrected chi connectivity index (χ2v) is 6.68. The molecule has 0 unspecified atom stereocenters. The molecule has 1 amide bonds. The summed E-state index contributed by atoms with van der Waals surface area (Å²) in [6.45, 7) is 3.79. The van der Waals surface area contributed by atoms with Gasteiger partial charge in [0.1, 0.15) is 0 Å². The molecule has 3 rings (SSSR count). The number of ether oxygens (including phenoxy) is 1. The first-order valence-electron chi connectivity index (χ1n) is 9.18. The number of carbonyl (C=O) groups is 2. The quantitative estimate of drug-likeness (QED) is 0.713. The molecule has 1 aliphatic rings. The molecule has 0 radical (unpaired) electrons. The van der Waals surface area contributed by atoms with Gasteiger partial charge in [-0.15, -0.1) is 17.5 Å². The molecule has 152 valence electrons. The Kier molecular flexibility index (Phi) is 7.95. The van der Waals surface area contributed by atoms with Gasteiger partial charge in [-0.05, 0) is 57.0 Å². The van der Waals surface area contributed by atoms with Gasteiger partial charge >= 0.3 is 5.97 Å². The number of aromatic nitrogens is 3. The molecule has 1 aliphatic heterocycles. The number of methoxy groups -OCH3 is 1. The zero-order chi connectivity index (χ0) is 19.2. The molecule has 2 N–H and O–H groups in total. The molecule has 2 aromatic rings. The second kappa shape index (κ2) is 10.2. The number of anilines is 1. The number of carbonyl (C=O) groups excluding carboxylic acids is 2. The van der Waals surface area contributed by atoms with Crippen molar-refractivity contribution in [2.24, 2.45) is 0 Å². The number of nitrogens with zero attached hydrogens (tertiary/aromatic N) is 3. The Morgan fingerprint density at radius 3 is 2.57 bits per heavy atom. The summed E-state index contributed by atoms with van der Waals surface area (Å²) in [7, 11) is 1.38. The number of amides is 1. The molecular formula is C19H26ClN5O3. The van der Waals surface area contributed by atoms with Gasteiger partial charge in [-0.1, -0.05) is 17.3 Å². The highest BCUT2D eigenvalue weighted by atomic mass is 35.5. The Morgan fingerprint density at radius 1 is 1.25 bits per heavy atom. The molecule has 0 saturated carbocycles. The van der Waals surface area contributed by atoms with Crippen molar-refractivity contribution in [1.29, 1.82) is 0 Å². The summed E-state index contributed by atoms with van der Waals surface area (Å²) in [5.41, 5.74) is 2.82. The highest BCUT2D eigenvalue weighted by Crippen LogP contribution is 2.21. The molecule has 0 aliphatic carbocycles. The predicted octanol–water partition coefficient (Wildman–Crippen LogP) is 2.29. The highest BCUT2D eigenvalue weighted by Gasteiger charge is 2.22. The minimum Gasteiger partial charge on any atom is -0.469 e. The van der Waals surface area contributed by atoms with Crippen LogP contribution in [0, 0.1) is 6.92 Å². The Balaban J connectivity index is 0.00000280. The van der Waals surface area contributed by atoms with E-state index in [4.69, 9.17) is 0 Å². The zero-order valence-electron chi connectivity index (χ0n) is 16.1. The van der Waals surface area contributed by atoms with Crippen molar-refractivity contribution in [3.05, 3.63) is 41.2 Å². The first-order chi connectivity index (χ1) is 13.1. The van der Waals surface area contributed by atoms with Crippen molar-refractivity contribution in [1.82, 2.24) is 20.3 Å². The van der Waals surface area contributed by atoms with Crippen LogP contribution in [0.4, 0.5) is 5.69 Å². The summed E-state index contributed by atoms with van der Waals surface area (Å²) in [6, 6.07) is 7.69. The fraction of sp³-hybridized carbons (Fsp3) is 0.474. The summed E-state index contributed by atoms with van der Waals surface area (Å²) in [6.07, 6.45) is 2.91. The van der Waals surface area contributed by atoms with Crippen LogP contribution in [0.25, 0.3) is 0 Å². The van der Waals surface area contributed by atoms with Crippen LogP contribution in [0.2, 0.25) is 0 Å². The number of piperidine rings is 1. The van der Waals surface area contributed by atoms with Crippen LogP contribution in [0.5, 0.6) is 0 Å². The summed E-state index contributed by atoms with van der Waals surface area (Å²) >= 11 is 0. The molecule has 1 aromatic carbocycles. The minimum atomic E-state index is -0.269. The fourth-order valence-electron chi connectivity index (χ4n) is 3.24. The number of hydrogen-bond donors (Lipinski definition) is 2. The SMILES string of the molecule is COC(=O)CCc1ccc(NC(=O)c2nnn(C3CCNCC3)c2C)cc1.Cl. The van der Waals surface area contributed by atoms with Crippen molar-refractivity contribution in [2.45, 2.75) is 38.6 Å². The lowest BCUT2D eigenvalue weighted by molar-refractivity contribution is -0.140. The van der Waals surface area contributed by atoms with Gasteiger partial charge in [-0.3, -0.25) is 9.59 Å². The number of benzene rings is 1. The number of hydrogen-bond acceptors (Lipinski definition) is 6. The molecule has 1 fully saturated rings. The maximum atomic E-state index is 12.6. The number of rotatable bonds is 6. The van der Waals surface area contributed by atoms with Crippen LogP contribution in [0.1, 0.15) is 47.1 Å². The highest BCUT2D eigenvalue weighted by molar-refractivity contribution is 6.03. The van der Waals surface area contributed by atoms with E-state index in [1.807, 2.05) is 35.9 Å². The number of esters is 1. The van der Waals surface area contributed by atoms with E-state index in [9.17, 15) is 9.59 Å². The zero-order valence-corrected chi connectivity index (χ0v) is 16.9. The molecule has 9 heteroatoms. The van der Waals surface area contributed by atoms with Crippen LogP contribution in [-0.2, 0) is 16.0 Å². The first kappa shape index (κ1) is 21.8. The van der Waals surface area contributed by atoms with Crippen molar-refractivity contribution in [2.75, 3.05) is 25.5 Å². The topological polar surface area (TPSA) is 98.1 Å². The van der Waals surface area contributed by atoms with Crippen molar-refractivity contribution >= 4 is 30.0 Å². The average molecular weight is 408 g/mol. The Hall–Kier alpha value is -2.45. The van der Waals surface area contributed by atoms with E-state index in [2.05, 4.69) is 25.7 Å². The number of halogens is 1. The van der Waals surface area contributed by atoms with E-state index in [1.54, 1.807) is 0 Å². The van der Waals surface area contributed by atoms with Gasteiger partial charge in [0.05, 0.1) is 18.8 Å². The second-order valence-electron chi connectivity index (χ2n) is 6.68. The van der Waals surface area contributed by atoms with Gasteiger partial charge in [-0.2, -0.15) is 0 Å². The van der Waals surface area contributed by atoms with E-state index in [-0.39, 0.29) is 30.3 Å². The molecule has 1 aromatic heterocycles. The van der Waals surface area contributed by atoms with Gasteiger partial charge in [0.15, 0.2) is 5.69 Å². The molecule has 8 nitrogen and oxygen atoms in total. The summed E-state index contributed by atoms with van der Waals surface area (Å²) < 4.78 is 6.51. The van der Waals surface area contributed by atoms with Crippen molar-refractivity contribution in [3.63, 3.8) is 0 Å². The molecule has 0 atom stereocenters. The van der Waals surface area contributed by atoms with Crippen molar-refractivity contribution in [3.8, 4) is 0 Å². The lowest BCUT2D eigenvalue weighted by atomic mass is 10.1. The number of nitrogens with one attached hydrogen (secondary N) is 2. The Bertz CT molecular complexity index is 800. The van der Waals surface area contributed by atoms with Crippen molar-refractivity contribution < 1.29 is 14.3 Å². The van der Waals surface area contributed by atoms with Crippen LogP contribution in [-0.4, -0.2) is 47.1 Å². The first-order valence-corrected chi connectivity index (χ1v) is 9.18. The third-order valence-corrected chi connectivity index (χ3v) is 4.85. The van der Waals surface area contributed by atoms with Crippen LogP contribution >= 0.6 is 12.4 Å². The van der Waals surface area contributed by atoms with E-state index in [0.717, 1.165) is 37.2 Å². The maximum Gasteiger partial charge on any atom is 0.305 e. The Morgan fingerprint density at radius 2 is 1.93 bits per heavy atom. The molecule has 1 saturated heterocycles. The standard InChI is InChI=1S/C19H25N5O3.ClH/c1-13-18(22-23-24(13)16-9-11-20-12-10-16)19(26)21-15-6-3-14(4-7-15)5-8-17(25)27-2;/h3-4,6-7,16,20H,5,8-12H2,1-2H3,(H,21,26);1H. The lowest BCUT2D eigenvalue weighted by Gasteiger charge is -2.23. The Labute approximate surface area is 170 Å².